The van der Waals surface area contributed by atoms with Gasteiger partial charge in [-0.15, -0.1) is 0 Å². The highest BCUT2D eigenvalue weighted by Gasteiger charge is 2.31. The lowest BCUT2D eigenvalue weighted by Gasteiger charge is -2.21. The Bertz CT molecular complexity index is 1330. The molecule has 2 aliphatic heterocycles. The number of amides is 2. The largest absolute Gasteiger partial charge is 0.454 e. The van der Waals surface area contributed by atoms with Crippen LogP contribution in [0, 0.1) is 13.8 Å². The number of hydrazone groups is 1. The first-order valence-electron chi connectivity index (χ1n) is 13.0. The van der Waals surface area contributed by atoms with Gasteiger partial charge in [-0.3, -0.25) is 19.5 Å². The number of aliphatic imine (C=N–C) groups is 1. The minimum absolute atomic E-state index is 0.0109. The Balaban J connectivity index is 1.68. The molecule has 38 heavy (non-hydrogen) atoms. The van der Waals surface area contributed by atoms with Crippen LogP contribution in [-0.2, 0) is 9.59 Å². The van der Waals surface area contributed by atoms with Gasteiger partial charge < -0.3 is 20.8 Å². The summed E-state index contributed by atoms with van der Waals surface area (Å²) in [6.45, 7) is 13.4. The number of nitrogens with two attached hydrogens (primary N) is 2. The van der Waals surface area contributed by atoms with E-state index in [-0.39, 0.29) is 17.8 Å². The number of benzene rings is 1. The number of carbonyl (C=O) groups excluding carboxylic acids is 2. The van der Waals surface area contributed by atoms with Gasteiger partial charge in [0.15, 0.2) is 11.6 Å². The SMILES string of the molecule is C=C(CN1CCCC1)C(=O)N1CCC(N=C(C(=C(C)N)/C(N)=N\NC=O)c2oc3ccc(C)cc3c2C)C1. The zero-order chi connectivity index (χ0) is 27.4. The average Bonchev–Trinajstić information content (AvgIpc) is 3.63. The van der Waals surface area contributed by atoms with Crippen LogP contribution in [0.4, 0.5) is 0 Å². The third kappa shape index (κ3) is 5.80. The number of amidine groups is 1. The number of carbonyl (C=O) groups is 2. The molecule has 3 heterocycles. The predicted octanol–water partition coefficient (Wildman–Crippen LogP) is 2.34. The van der Waals surface area contributed by atoms with E-state index in [4.69, 9.17) is 20.9 Å². The molecule has 1 aromatic carbocycles. The van der Waals surface area contributed by atoms with Crippen molar-refractivity contribution in [2.24, 2.45) is 21.6 Å². The highest BCUT2D eigenvalue weighted by atomic mass is 16.3. The standard InChI is InChI=1S/C28H37N7O3/c1-17-7-8-23-22(13-17)19(3)26(38-23)25(24(20(4)29)27(30)33-31-16-36)32-21-9-12-35(15-21)28(37)18(2)14-34-10-5-6-11-34/h7-8,13,16,21H,2,5-6,9-12,14-15,29H2,1,3-4H3,(H2,30,33)(H,31,36). The van der Waals surface area contributed by atoms with Gasteiger partial charge in [0, 0.05) is 41.9 Å². The first-order chi connectivity index (χ1) is 18.2. The van der Waals surface area contributed by atoms with E-state index in [1.807, 2.05) is 30.9 Å². The number of fused-ring (bicyclic) bond motifs is 1. The van der Waals surface area contributed by atoms with Crippen molar-refractivity contribution < 1.29 is 14.0 Å². The lowest BCUT2D eigenvalue weighted by molar-refractivity contribution is -0.126. The van der Waals surface area contributed by atoms with Gasteiger partial charge >= 0.3 is 0 Å². The van der Waals surface area contributed by atoms with Crippen molar-refractivity contribution in [3.63, 3.8) is 0 Å². The topological polar surface area (TPSA) is 143 Å². The Hall–Kier alpha value is -3.92. The molecule has 0 radical (unpaired) electrons. The van der Waals surface area contributed by atoms with Gasteiger partial charge in [0.1, 0.15) is 11.3 Å². The van der Waals surface area contributed by atoms with Gasteiger partial charge in [0.2, 0.25) is 6.41 Å². The Morgan fingerprint density at radius 3 is 2.66 bits per heavy atom. The van der Waals surface area contributed by atoms with Gasteiger partial charge in [0.25, 0.3) is 5.91 Å². The molecule has 1 unspecified atom stereocenters. The summed E-state index contributed by atoms with van der Waals surface area (Å²) in [4.78, 5) is 33.1. The molecule has 10 nitrogen and oxygen atoms in total. The zero-order valence-corrected chi connectivity index (χ0v) is 22.4. The van der Waals surface area contributed by atoms with Crippen LogP contribution in [0.25, 0.3) is 11.0 Å². The summed E-state index contributed by atoms with van der Waals surface area (Å²) < 4.78 is 6.28. The molecule has 1 atom stereocenters. The number of aryl methyl sites for hydroxylation is 2. The molecule has 2 saturated heterocycles. The Morgan fingerprint density at radius 1 is 1.24 bits per heavy atom. The van der Waals surface area contributed by atoms with Gasteiger partial charge in [-0.1, -0.05) is 18.2 Å². The third-order valence-corrected chi connectivity index (χ3v) is 7.11. The Labute approximate surface area is 223 Å². The summed E-state index contributed by atoms with van der Waals surface area (Å²) in [5, 5.41) is 4.90. The molecule has 10 heteroatoms. The Kier molecular flexibility index (Phi) is 8.31. The Morgan fingerprint density at radius 2 is 1.97 bits per heavy atom. The molecular weight excluding hydrogens is 482 g/mol. The summed E-state index contributed by atoms with van der Waals surface area (Å²) in [5.41, 5.74) is 19.3. The van der Waals surface area contributed by atoms with Crippen molar-refractivity contribution in [1.82, 2.24) is 15.2 Å². The molecule has 4 rings (SSSR count). The highest BCUT2D eigenvalue weighted by Crippen LogP contribution is 2.30. The maximum Gasteiger partial charge on any atom is 0.250 e. The van der Waals surface area contributed by atoms with Gasteiger partial charge in [-0.05, 0) is 65.3 Å². The van der Waals surface area contributed by atoms with Crippen LogP contribution in [0.5, 0.6) is 0 Å². The number of hydrogen-bond donors (Lipinski definition) is 3. The van der Waals surface area contributed by atoms with Crippen LogP contribution in [-0.4, -0.2) is 72.4 Å². The summed E-state index contributed by atoms with van der Waals surface area (Å²) in [7, 11) is 0. The van der Waals surface area contributed by atoms with Crippen molar-refractivity contribution in [1.29, 1.82) is 0 Å². The molecule has 2 fully saturated rings. The van der Waals surface area contributed by atoms with Crippen LogP contribution < -0.4 is 16.9 Å². The highest BCUT2D eigenvalue weighted by molar-refractivity contribution is 6.29. The van der Waals surface area contributed by atoms with Gasteiger partial charge in [-0.2, -0.15) is 5.10 Å². The minimum atomic E-state index is -0.205. The summed E-state index contributed by atoms with van der Waals surface area (Å²) in [6, 6.07) is 5.76. The first-order valence-corrected chi connectivity index (χ1v) is 13.0. The number of furan rings is 1. The molecule has 1 aromatic heterocycles. The molecule has 0 saturated carbocycles. The van der Waals surface area contributed by atoms with E-state index in [0.29, 0.717) is 66.4 Å². The quantitative estimate of drug-likeness (QED) is 0.153. The second-order valence-corrected chi connectivity index (χ2v) is 10.1. The molecule has 2 aromatic rings. The predicted molar refractivity (Wildman–Crippen MR) is 150 cm³/mol. The van der Waals surface area contributed by atoms with Crippen molar-refractivity contribution >= 4 is 34.8 Å². The lowest BCUT2D eigenvalue weighted by Crippen LogP contribution is -2.34. The number of nitrogens with zero attached hydrogens (tertiary/aromatic N) is 4. The van der Waals surface area contributed by atoms with Crippen LogP contribution in [0.15, 0.2) is 56.1 Å². The molecular formula is C28H37N7O3. The fraction of sp³-hybridized carbons (Fsp3) is 0.429. The molecule has 2 aliphatic rings. The van der Waals surface area contributed by atoms with Crippen LogP contribution in [0.3, 0.4) is 0 Å². The average molecular weight is 520 g/mol. The van der Waals surface area contributed by atoms with Crippen molar-refractivity contribution in [3.8, 4) is 0 Å². The van der Waals surface area contributed by atoms with E-state index in [9.17, 15) is 9.59 Å². The number of hydrogen-bond acceptors (Lipinski definition) is 7. The van der Waals surface area contributed by atoms with E-state index < -0.39 is 0 Å². The molecule has 0 bridgehead atoms. The fourth-order valence-electron chi connectivity index (χ4n) is 5.18. The smallest absolute Gasteiger partial charge is 0.250 e. The molecule has 0 aliphatic carbocycles. The second kappa shape index (κ2) is 11.6. The third-order valence-electron chi connectivity index (χ3n) is 7.11. The number of likely N-dealkylation sites (tertiary alicyclic amines) is 2. The van der Waals surface area contributed by atoms with E-state index in [2.05, 4.69) is 28.1 Å². The normalized spacial score (nSPS) is 19.7. The van der Waals surface area contributed by atoms with Crippen LogP contribution in [0.2, 0.25) is 0 Å². The van der Waals surface area contributed by atoms with E-state index in [0.717, 1.165) is 42.4 Å². The number of nitrogens with one attached hydrogen (secondary N) is 1. The summed E-state index contributed by atoms with van der Waals surface area (Å²) in [5.74, 6) is 0.503. The molecule has 5 N–H and O–H groups in total. The maximum atomic E-state index is 13.1. The van der Waals surface area contributed by atoms with E-state index >= 15 is 0 Å². The monoisotopic (exact) mass is 519 g/mol. The van der Waals surface area contributed by atoms with E-state index in [1.165, 1.54) is 0 Å². The molecule has 202 valence electrons. The second-order valence-electron chi connectivity index (χ2n) is 10.1. The lowest BCUT2D eigenvalue weighted by atomic mass is 10.0. The molecule has 0 spiro atoms. The van der Waals surface area contributed by atoms with Crippen molar-refractivity contribution in [2.75, 3.05) is 32.7 Å². The number of allylic oxidation sites excluding steroid dienone is 1. The van der Waals surface area contributed by atoms with Gasteiger partial charge in [0.05, 0.1) is 11.6 Å². The maximum absolute atomic E-state index is 13.1. The van der Waals surface area contributed by atoms with Gasteiger partial charge in [-0.25, -0.2) is 5.43 Å². The fourth-order valence-corrected chi connectivity index (χ4v) is 5.18. The number of rotatable bonds is 9. The summed E-state index contributed by atoms with van der Waals surface area (Å²) >= 11 is 0. The van der Waals surface area contributed by atoms with Crippen LogP contribution in [0.1, 0.15) is 43.1 Å². The van der Waals surface area contributed by atoms with Crippen LogP contribution >= 0.6 is 0 Å². The zero-order valence-electron chi connectivity index (χ0n) is 22.4. The van der Waals surface area contributed by atoms with Crippen molar-refractivity contribution in [2.45, 2.75) is 46.1 Å². The summed E-state index contributed by atoms with van der Waals surface area (Å²) in [6.07, 6.45) is 3.43. The van der Waals surface area contributed by atoms with Crippen molar-refractivity contribution in [3.05, 3.63) is 58.5 Å². The first kappa shape index (κ1) is 27.1. The minimum Gasteiger partial charge on any atom is -0.454 e. The van der Waals surface area contributed by atoms with E-state index in [1.54, 1.807) is 6.92 Å². The molecule has 2 amide bonds.